The molecule has 0 aromatic carbocycles. The summed E-state index contributed by atoms with van der Waals surface area (Å²) >= 11 is 0. The Morgan fingerprint density at radius 1 is 1.28 bits per heavy atom. The molecule has 0 bridgehead atoms. The summed E-state index contributed by atoms with van der Waals surface area (Å²) in [6, 6.07) is -0.0215. The van der Waals surface area contributed by atoms with E-state index in [0.717, 1.165) is 6.42 Å². The van der Waals surface area contributed by atoms with E-state index in [1.54, 1.807) is 7.11 Å². The van der Waals surface area contributed by atoms with Crippen molar-refractivity contribution in [3.63, 3.8) is 0 Å². The van der Waals surface area contributed by atoms with Crippen molar-refractivity contribution in [2.24, 2.45) is 10.8 Å². The van der Waals surface area contributed by atoms with Crippen molar-refractivity contribution < 1.29 is 19.4 Å². The minimum absolute atomic E-state index is 0.0215. The molecule has 2 unspecified atom stereocenters. The first-order chi connectivity index (χ1) is 8.19. The predicted octanol–water partition coefficient (Wildman–Crippen LogP) is 1.17. The zero-order chi connectivity index (χ0) is 13.8. The van der Waals surface area contributed by atoms with Gasteiger partial charge < -0.3 is 15.2 Å². The van der Waals surface area contributed by atoms with E-state index >= 15 is 0 Å². The van der Waals surface area contributed by atoms with Crippen molar-refractivity contribution in [3.05, 3.63) is 0 Å². The van der Waals surface area contributed by atoms with E-state index in [-0.39, 0.29) is 23.0 Å². The molecule has 0 aliphatic heterocycles. The minimum atomic E-state index is -1.16. The molecule has 2 N–H and O–H groups in total. The highest BCUT2D eigenvalue weighted by Crippen LogP contribution is 2.53. The molecule has 5 heteroatoms. The molecule has 0 saturated heterocycles. The van der Waals surface area contributed by atoms with Gasteiger partial charge in [-0.05, 0) is 26.2 Å². The molecule has 0 radical (unpaired) electrons. The highest BCUT2D eigenvalue weighted by atomic mass is 16.5. The van der Waals surface area contributed by atoms with Gasteiger partial charge in [-0.15, -0.1) is 0 Å². The van der Waals surface area contributed by atoms with Gasteiger partial charge in [-0.1, -0.05) is 13.8 Å². The van der Waals surface area contributed by atoms with Gasteiger partial charge >= 0.3 is 5.97 Å². The Labute approximate surface area is 107 Å². The molecule has 102 valence electrons. The number of rotatable bonds is 4. The van der Waals surface area contributed by atoms with Crippen molar-refractivity contribution >= 4 is 11.9 Å². The average Bonchev–Trinajstić information content (AvgIpc) is 3.09. The van der Waals surface area contributed by atoms with Gasteiger partial charge in [-0.2, -0.15) is 0 Å². The van der Waals surface area contributed by atoms with Crippen LogP contribution in [0.5, 0.6) is 0 Å². The Balaban J connectivity index is 2.01. The lowest BCUT2D eigenvalue weighted by Crippen LogP contribution is -2.69. The number of hydrogen-bond donors (Lipinski definition) is 2. The molecular formula is C13H21NO4. The Hall–Kier alpha value is -1.10. The third kappa shape index (κ3) is 1.56. The second kappa shape index (κ2) is 3.70. The maximum absolute atomic E-state index is 12.0. The summed E-state index contributed by atoms with van der Waals surface area (Å²) in [6.07, 6.45) is 1.61. The molecule has 0 heterocycles. The van der Waals surface area contributed by atoms with E-state index in [0.29, 0.717) is 12.8 Å². The molecule has 1 amide bonds. The summed E-state index contributed by atoms with van der Waals surface area (Å²) < 4.78 is 5.48. The van der Waals surface area contributed by atoms with Gasteiger partial charge in [0.1, 0.15) is 5.41 Å². The second-order valence-electron chi connectivity index (χ2n) is 6.27. The van der Waals surface area contributed by atoms with Crippen molar-refractivity contribution in [2.75, 3.05) is 7.11 Å². The first-order valence-corrected chi connectivity index (χ1v) is 6.29. The van der Waals surface area contributed by atoms with Gasteiger partial charge in [0.25, 0.3) is 0 Å². The molecule has 2 aliphatic carbocycles. The molecule has 5 nitrogen and oxygen atoms in total. The van der Waals surface area contributed by atoms with Crippen LogP contribution < -0.4 is 5.32 Å². The minimum Gasteiger partial charge on any atom is -0.480 e. The molecule has 0 aromatic heterocycles. The molecule has 2 saturated carbocycles. The third-order valence-electron chi connectivity index (χ3n) is 5.18. The quantitative estimate of drug-likeness (QED) is 0.739. The fourth-order valence-corrected chi connectivity index (χ4v) is 2.68. The summed E-state index contributed by atoms with van der Waals surface area (Å²) in [5.74, 6) is -1.35. The molecule has 2 rings (SSSR count). The Kier molecular flexibility index (Phi) is 2.74. The zero-order valence-corrected chi connectivity index (χ0v) is 11.4. The van der Waals surface area contributed by atoms with Gasteiger partial charge in [-0.25, -0.2) is 0 Å². The number of ether oxygens (including phenoxy) is 1. The topological polar surface area (TPSA) is 75.6 Å². The Morgan fingerprint density at radius 2 is 1.83 bits per heavy atom. The number of carboxylic acids is 1. The summed E-state index contributed by atoms with van der Waals surface area (Å²) in [5, 5.41) is 12.0. The van der Waals surface area contributed by atoms with Crippen LogP contribution in [0.2, 0.25) is 0 Å². The van der Waals surface area contributed by atoms with Crippen molar-refractivity contribution in [3.8, 4) is 0 Å². The van der Waals surface area contributed by atoms with Gasteiger partial charge in [0.15, 0.2) is 0 Å². The number of methoxy groups -OCH3 is 1. The monoisotopic (exact) mass is 255 g/mol. The molecule has 0 aromatic rings. The SMILES string of the molecule is COC1(C)CC(NC(=O)C2(C(=O)O)CC2)C1(C)C. The van der Waals surface area contributed by atoms with Crippen molar-refractivity contribution in [1.82, 2.24) is 5.32 Å². The standard InChI is InChI=1S/C13H21NO4/c1-11(2)8(7-12(11,3)18-4)14-9(15)13(5-6-13)10(16)17/h8H,5-7H2,1-4H3,(H,14,15)(H,16,17). The molecule has 2 aliphatic rings. The van der Waals surface area contributed by atoms with Gasteiger partial charge in [0, 0.05) is 18.6 Å². The van der Waals surface area contributed by atoms with E-state index in [1.807, 2.05) is 20.8 Å². The van der Waals surface area contributed by atoms with Gasteiger partial charge in [0.05, 0.1) is 5.60 Å². The van der Waals surface area contributed by atoms with Crippen LogP contribution in [-0.4, -0.2) is 35.7 Å². The molecule has 18 heavy (non-hydrogen) atoms. The number of carboxylic acid groups (broad SMARTS) is 1. The second-order valence-corrected chi connectivity index (χ2v) is 6.27. The summed E-state index contributed by atoms with van der Waals surface area (Å²) in [4.78, 5) is 23.1. The maximum Gasteiger partial charge on any atom is 0.319 e. The van der Waals surface area contributed by atoms with E-state index in [1.165, 1.54) is 0 Å². The van der Waals surface area contributed by atoms with Crippen LogP contribution in [0.25, 0.3) is 0 Å². The highest BCUT2D eigenvalue weighted by Gasteiger charge is 2.62. The van der Waals surface area contributed by atoms with Crippen LogP contribution in [0.1, 0.15) is 40.0 Å². The van der Waals surface area contributed by atoms with E-state index < -0.39 is 11.4 Å². The number of carbonyl (C=O) groups excluding carboxylic acids is 1. The van der Waals surface area contributed by atoms with E-state index in [4.69, 9.17) is 9.84 Å². The molecule has 0 spiro atoms. The highest BCUT2D eigenvalue weighted by molar-refractivity contribution is 6.05. The number of aliphatic carboxylic acids is 1. The average molecular weight is 255 g/mol. The zero-order valence-electron chi connectivity index (χ0n) is 11.4. The summed E-state index contributed by atoms with van der Waals surface area (Å²) in [6.45, 7) is 6.08. The largest absolute Gasteiger partial charge is 0.480 e. The van der Waals surface area contributed by atoms with Crippen LogP contribution in [0, 0.1) is 10.8 Å². The first-order valence-electron chi connectivity index (χ1n) is 6.29. The third-order valence-corrected chi connectivity index (χ3v) is 5.18. The van der Waals surface area contributed by atoms with E-state index in [9.17, 15) is 9.59 Å². The Bertz CT molecular complexity index is 400. The summed E-state index contributed by atoms with van der Waals surface area (Å²) in [7, 11) is 1.67. The molecule has 2 fully saturated rings. The summed E-state index contributed by atoms with van der Waals surface area (Å²) in [5.41, 5.74) is -1.61. The van der Waals surface area contributed by atoms with Crippen LogP contribution in [0.3, 0.4) is 0 Å². The smallest absolute Gasteiger partial charge is 0.319 e. The first kappa shape index (κ1) is 13.3. The van der Waals surface area contributed by atoms with Crippen LogP contribution in [-0.2, 0) is 14.3 Å². The van der Waals surface area contributed by atoms with Crippen LogP contribution in [0.15, 0.2) is 0 Å². The van der Waals surface area contributed by atoms with Crippen LogP contribution in [0.4, 0.5) is 0 Å². The lowest BCUT2D eigenvalue weighted by Gasteiger charge is -2.59. The maximum atomic E-state index is 12.0. The lowest BCUT2D eigenvalue weighted by molar-refractivity contribution is -0.184. The van der Waals surface area contributed by atoms with Crippen molar-refractivity contribution in [2.45, 2.75) is 51.7 Å². The van der Waals surface area contributed by atoms with Crippen molar-refractivity contribution in [1.29, 1.82) is 0 Å². The molecular weight excluding hydrogens is 234 g/mol. The molecule has 2 atom stereocenters. The number of nitrogens with one attached hydrogen (secondary N) is 1. The normalized spacial score (nSPS) is 35.4. The fraction of sp³-hybridized carbons (Fsp3) is 0.846. The number of carbonyl (C=O) groups is 2. The predicted molar refractivity (Wildman–Crippen MR) is 65.0 cm³/mol. The Morgan fingerprint density at radius 3 is 2.17 bits per heavy atom. The lowest BCUT2D eigenvalue weighted by atomic mass is 9.55. The van der Waals surface area contributed by atoms with Crippen LogP contribution >= 0.6 is 0 Å². The number of amides is 1. The number of hydrogen-bond acceptors (Lipinski definition) is 3. The van der Waals surface area contributed by atoms with Gasteiger partial charge in [-0.3, -0.25) is 9.59 Å². The van der Waals surface area contributed by atoms with Gasteiger partial charge in [0.2, 0.25) is 5.91 Å². The van der Waals surface area contributed by atoms with E-state index in [2.05, 4.69) is 5.32 Å². The fourth-order valence-electron chi connectivity index (χ4n) is 2.68.